The standard InChI is InChI=1S/C13H23O2/c1-2-3-6-11-13(14)15-12-9-7-4-5-8-10-12/h7,12H,2-6,8-11H2,1H3. The summed E-state index contributed by atoms with van der Waals surface area (Å²) in [4.78, 5) is 11.5. The molecule has 0 saturated heterocycles. The number of hydrogen-bond acceptors (Lipinski definition) is 2. The van der Waals surface area contributed by atoms with Gasteiger partial charge in [-0.25, -0.2) is 0 Å². The Balaban J connectivity index is 2.12. The van der Waals surface area contributed by atoms with Crippen molar-refractivity contribution in [1.82, 2.24) is 0 Å². The Morgan fingerprint density at radius 3 is 3.07 bits per heavy atom. The molecule has 1 rings (SSSR count). The average Bonchev–Trinajstić information content (AvgIpc) is 2.47. The smallest absolute Gasteiger partial charge is 0.306 e. The summed E-state index contributed by atoms with van der Waals surface area (Å²) in [6.07, 6.45) is 11.9. The van der Waals surface area contributed by atoms with Crippen molar-refractivity contribution in [3.05, 3.63) is 6.42 Å². The predicted molar refractivity (Wildman–Crippen MR) is 61.4 cm³/mol. The molecule has 0 aromatic rings. The molecule has 0 N–H and O–H groups in total. The van der Waals surface area contributed by atoms with Crippen LogP contribution in [0.2, 0.25) is 0 Å². The second-order valence-corrected chi connectivity index (χ2v) is 4.38. The van der Waals surface area contributed by atoms with Gasteiger partial charge in [-0.1, -0.05) is 32.6 Å². The molecule has 0 heterocycles. The summed E-state index contributed by atoms with van der Waals surface area (Å²) in [7, 11) is 0. The molecule has 1 fully saturated rings. The van der Waals surface area contributed by atoms with E-state index in [-0.39, 0.29) is 12.1 Å². The van der Waals surface area contributed by atoms with Crippen LogP contribution >= 0.6 is 0 Å². The minimum Gasteiger partial charge on any atom is -0.462 e. The first kappa shape index (κ1) is 12.5. The molecule has 0 spiro atoms. The van der Waals surface area contributed by atoms with Gasteiger partial charge in [0.25, 0.3) is 0 Å². The van der Waals surface area contributed by atoms with Crippen LogP contribution in [-0.2, 0) is 9.53 Å². The average molecular weight is 211 g/mol. The van der Waals surface area contributed by atoms with Gasteiger partial charge in [-0.3, -0.25) is 4.79 Å². The van der Waals surface area contributed by atoms with Gasteiger partial charge in [0, 0.05) is 6.42 Å². The number of unbranched alkanes of at least 4 members (excludes halogenated alkanes) is 2. The topological polar surface area (TPSA) is 26.3 Å². The normalized spacial score (nSPS) is 18.5. The number of rotatable bonds is 5. The van der Waals surface area contributed by atoms with Crippen molar-refractivity contribution in [3.63, 3.8) is 0 Å². The highest BCUT2D eigenvalue weighted by Crippen LogP contribution is 2.19. The van der Waals surface area contributed by atoms with E-state index in [0.29, 0.717) is 6.42 Å². The van der Waals surface area contributed by atoms with Crippen molar-refractivity contribution < 1.29 is 9.53 Å². The Labute approximate surface area is 93.4 Å². The third-order valence-corrected chi connectivity index (χ3v) is 2.90. The third kappa shape index (κ3) is 5.81. The maximum atomic E-state index is 11.5. The molecule has 1 unspecified atom stereocenters. The number of carbonyl (C=O) groups excluding carboxylic acids is 1. The van der Waals surface area contributed by atoms with Gasteiger partial charge in [0.2, 0.25) is 0 Å². The van der Waals surface area contributed by atoms with E-state index in [0.717, 1.165) is 32.1 Å². The molecule has 0 bridgehead atoms. The van der Waals surface area contributed by atoms with Crippen LogP contribution in [0.3, 0.4) is 0 Å². The van der Waals surface area contributed by atoms with E-state index in [2.05, 4.69) is 13.3 Å². The minimum atomic E-state index is 0.00347. The van der Waals surface area contributed by atoms with Gasteiger partial charge in [0.1, 0.15) is 6.10 Å². The lowest BCUT2D eigenvalue weighted by Crippen LogP contribution is -2.17. The zero-order valence-electron chi connectivity index (χ0n) is 9.84. The summed E-state index contributed by atoms with van der Waals surface area (Å²) in [5, 5.41) is 0. The van der Waals surface area contributed by atoms with Crippen LogP contribution in [0.4, 0.5) is 0 Å². The van der Waals surface area contributed by atoms with Gasteiger partial charge in [-0.05, 0) is 32.1 Å². The van der Waals surface area contributed by atoms with Gasteiger partial charge in [0.05, 0.1) is 0 Å². The highest BCUT2D eigenvalue weighted by molar-refractivity contribution is 5.69. The molecule has 0 aliphatic heterocycles. The maximum absolute atomic E-state index is 11.5. The van der Waals surface area contributed by atoms with Crippen LogP contribution < -0.4 is 0 Å². The van der Waals surface area contributed by atoms with E-state index >= 15 is 0 Å². The molecule has 2 heteroatoms. The Kier molecular flexibility index (Phi) is 6.45. The van der Waals surface area contributed by atoms with Crippen LogP contribution in [0.25, 0.3) is 0 Å². The van der Waals surface area contributed by atoms with Crippen molar-refractivity contribution in [2.75, 3.05) is 0 Å². The van der Waals surface area contributed by atoms with Crippen LogP contribution in [-0.4, -0.2) is 12.1 Å². The number of carbonyl (C=O) groups is 1. The fourth-order valence-corrected chi connectivity index (χ4v) is 1.95. The molecule has 1 aliphatic carbocycles. The Morgan fingerprint density at radius 2 is 2.27 bits per heavy atom. The van der Waals surface area contributed by atoms with E-state index in [1.165, 1.54) is 19.3 Å². The van der Waals surface area contributed by atoms with Crippen LogP contribution in [0.1, 0.15) is 64.7 Å². The molecule has 87 valence electrons. The largest absolute Gasteiger partial charge is 0.462 e. The predicted octanol–water partition coefficient (Wildman–Crippen LogP) is 3.65. The first-order valence-electron chi connectivity index (χ1n) is 6.34. The minimum absolute atomic E-state index is 0.00347. The van der Waals surface area contributed by atoms with Crippen molar-refractivity contribution in [3.8, 4) is 0 Å². The van der Waals surface area contributed by atoms with E-state index in [9.17, 15) is 4.79 Å². The monoisotopic (exact) mass is 211 g/mol. The van der Waals surface area contributed by atoms with Crippen molar-refractivity contribution in [1.29, 1.82) is 0 Å². The van der Waals surface area contributed by atoms with Gasteiger partial charge in [-0.2, -0.15) is 0 Å². The van der Waals surface area contributed by atoms with Crippen LogP contribution in [0, 0.1) is 6.42 Å². The SMILES string of the molecule is CCCCCC(=O)OC1C[CH]CCCC1. The second kappa shape index (κ2) is 7.72. The highest BCUT2D eigenvalue weighted by Gasteiger charge is 2.16. The fraction of sp³-hybridized carbons (Fsp3) is 0.846. The lowest BCUT2D eigenvalue weighted by atomic mass is 10.1. The first-order chi connectivity index (χ1) is 7.33. The summed E-state index contributed by atoms with van der Waals surface area (Å²) >= 11 is 0. The van der Waals surface area contributed by atoms with Gasteiger partial charge < -0.3 is 4.74 Å². The molecular formula is C13H23O2. The quantitative estimate of drug-likeness (QED) is 0.394. The Hall–Kier alpha value is -0.530. The van der Waals surface area contributed by atoms with E-state index in [4.69, 9.17) is 4.74 Å². The summed E-state index contributed by atoms with van der Waals surface area (Å²) in [5.41, 5.74) is 0. The molecule has 1 aliphatic rings. The lowest BCUT2D eigenvalue weighted by molar-refractivity contribution is -0.149. The zero-order chi connectivity index (χ0) is 10.9. The van der Waals surface area contributed by atoms with Gasteiger partial charge >= 0.3 is 5.97 Å². The number of ether oxygens (including phenoxy) is 1. The third-order valence-electron chi connectivity index (χ3n) is 2.90. The number of esters is 1. The molecular weight excluding hydrogens is 188 g/mol. The summed E-state index contributed by atoms with van der Waals surface area (Å²) in [5.74, 6) is 0.00347. The number of hydrogen-bond donors (Lipinski definition) is 0. The van der Waals surface area contributed by atoms with E-state index in [1.807, 2.05) is 0 Å². The Bertz CT molecular complexity index is 169. The first-order valence-corrected chi connectivity index (χ1v) is 6.34. The van der Waals surface area contributed by atoms with Gasteiger partial charge in [-0.15, -0.1) is 0 Å². The molecule has 0 amide bonds. The molecule has 0 aromatic heterocycles. The maximum Gasteiger partial charge on any atom is 0.306 e. The fourth-order valence-electron chi connectivity index (χ4n) is 1.95. The molecule has 2 nitrogen and oxygen atoms in total. The molecule has 0 aromatic carbocycles. The van der Waals surface area contributed by atoms with Crippen molar-refractivity contribution in [2.45, 2.75) is 70.8 Å². The summed E-state index contributed by atoms with van der Waals surface area (Å²) in [6.45, 7) is 2.14. The summed E-state index contributed by atoms with van der Waals surface area (Å²) in [6, 6.07) is 0. The van der Waals surface area contributed by atoms with Crippen molar-refractivity contribution in [2.24, 2.45) is 0 Å². The molecule has 15 heavy (non-hydrogen) atoms. The lowest BCUT2D eigenvalue weighted by Gasteiger charge is -2.15. The molecule has 1 radical (unpaired) electrons. The molecule has 1 atom stereocenters. The van der Waals surface area contributed by atoms with Crippen LogP contribution in [0.5, 0.6) is 0 Å². The zero-order valence-corrected chi connectivity index (χ0v) is 9.84. The van der Waals surface area contributed by atoms with Crippen LogP contribution in [0.15, 0.2) is 0 Å². The highest BCUT2D eigenvalue weighted by atomic mass is 16.5. The van der Waals surface area contributed by atoms with Gasteiger partial charge in [0.15, 0.2) is 0 Å². The Morgan fingerprint density at radius 1 is 1.40 bits per heavy atom. The summed E-state index contributed by atoms with van der Waals surface area (Å²) < 4.78 is 5.45. The molecule has 1 saturated carbocycles. The van der Waals surface area contributed by atoms with Crippen molar-refractivity contribution >= 4 is 5.97 Å². The second-order valence-electron chi connectivity index (χ2n) is 4.38. The van der Waals surface area contributed by atoms with E-state index < -0.39 is 0 Å². The van der Waals surface area contributed by atoms with E-state index in [1.54, 1.807) is 0 Å².